The molecule has 1 aromatic heterocycles. The summed E-state index contributed by atoms with van der Waals surface area (Å²) in [7, 11) is 0. The number of benzene rings is 2. The number of nitrogen functional groups attached to an aromatic ring is 1. The highest BCUT2D eigenvalue weighted by atomic mass is 32.2. The Morgan fingerprint density at radius 3 is 2.57 bits per heavy atom. The number of amides is 1. The molecule has 0 saturated heterocycles. The number of nitrogens with two attached hydrogens (primary N) is 1. The molecule has 0 aliphatic rings. The minimum absolute atomic E-state index is 0.132. The van der Waals surface area contributed by atoms with Crippen molar-refractivity contribution in [1.29, 1.82) is 5.26 Å². The summed E-state index contributed by atoms with van der Waals surface area (Å²) < 4.78 is 7.10. The lowest BCUT2D eigenvalue weighted by molar-refractivity contribution is -0.113. The molecule has 1 amide bonds. The van der Waals surface area contributed by atoms with Crippen LogP contribution < -0.4 is 15.9 Å². The molecule has 2 aromatic carbocycles. The summed E-state index contributed by atoms with van der Waals surface area (Å²) in [4.78, 5) is 12.2. The number of carbonyl (C=O) groups is 1. The molecule has 0 unspecified atom stereocenters. The van der Waals surface area contributed by atoms with Gasteiger partial charge in [0.25, 0.3) is 0 Å². The molecule has 0 spiro atoms. The van der Waals surface area contributed by atoms with Crippen molar-refractivity contribution in [3.05, 3.63) is 65.0 Å². The van der Waals surface area contributed by atoms with Crippen LogP contribution in [0.1, 0.15) is 22.5 Å². The molecule has 0 atom stereocenters. The minimum Gasteiger partial charge on any atom is -0.486 e. The third-order valence-corrected chi connectivity index (χ3v) is 5.09. The lowest BCUT2D eigenvalue weighted by Gasteiger charge is -2.08. The Morgan fingerprint density at radius 2 is 1.90 bits per heavy atom. The zero-order valence-electron chi connectivity index (χ0n) is 16.8. The smallest absolute Gasteiger partial charge is 0.234 e. The molecule has 3 aromatic rings. The van der Waals surface area contributed by atoms with Crippen LogP contribution >= 0.6 is 11.8 Å². The van der Waals surface area contributed by atoms with E-state index in [1.165, 1.54) is 16.4 Å². The van der Waals surface area contributed by atoms with Gasteiger partial charge in [-0.3, -0.25) is 4.79 Å². The second kappa shape index (κ2) is 9.80. The lowest BCUT2D eigenvalue weighted by atomic mass is 10.1. The van der Waals surface area contributed by atoms with Crippen molar-refractivity contribution in [2.45, 2.75) is 32.0 Å². The van der Waals surface area contributed by atoms with E-state index in [0.29, 0.717) is 23.1 Å². The highest BCUT2D eigenvalue weighted by Crippen LogP contribution is 2.19. The largest absolute Gasteiger partial charge is 0.486 e. The fraction of sp³-hybridized carbons (Fsp3) is 0.238. The Morgan fingerprint density at radius 1 is 1.20 bits per heavy atom. The summed E-state index contributed by atoms with van der Waals surface area (Å²) in [5.41, 5.74) is 3.79. The minimum atomic E-state index is -0.191. The van der Waals surface area contributed by atoms with Gasteiger partial charge in [0.15, 0.2) is 5.82 Å². The van der Waals surface area contributed by atoms with Crippen LogP contribution in [0.4, 0.5) is 5.69 Å². The van der Waals surface area contributed by atoms with E-state index >= 15 is 0 Å². The third-order valence-electron chi connectivity index (χ3n) is 4.15. The van der Waals surface area contributed by atoms with Crippen LogP contribution in [0.15, 0.2) is 47.6 Å². The molecule has 3 rings (SSSR count). The van der Waals surface area contributed by atoms with Crippen LogP contribution in [-0.2, 0) is 17.8 Å². The van der Waals surface area contributed by atoms with Crippen molar-refractivity contribution in [3.63, 3.8) is 0 Å². The zero-order chi connectivity index (χ0) is 21.5. The Kier molecular flexibility index (Phi) is 6.93. The van der Waals surface area contributed by atoms with E-state index in [4.69, 9.17) is 15.8 Å². The van der Waals surface area contributed by atoms with Crippen LogP contribution in [0.2, 0.25) is 0 Å². The zero-order valence-corrected chi connectivity index (χ0v) is 17.6. The van der Waals surface area contributed by atoms with Crippen LogP contribution in [0.25, 0.3) is 0 Å². The first-order valence-electron chi connectivity index (χ1n) is 9.23. The second-order valence-corrected chi connectivity index (χ2v) is 7.69. The first kappa shape index (κ1) is 21.2. The SMILES string of the molecule is Cc1cc(C)cc(OCc2nnc(SCC(=O)Nc3ccc(CC#N)cc3)n2N)c1. The number of hydrogen-bond donors (Lipinski definition) is 2. The maximum atomic E-state index is 12.2. The Labute approximate surface area is 179 Å². The number of carbonyl (C=O) groups excluding carboxylic acids is 1. The normalized spacial score (nSPS) is 10.4. The van der Waals surface area contributed by atoms with Crippen molar-refractivity contribution in [2.24, 2.45) is 0 Å². The van der Waals surface area contributed by atoms with Gasteiger partial charge in [0.1, 0.15) is 12.4 Å². The first-order chi connectivity index (χ1) is 14.4. The van der Waals surface area contributed by atoms with Crippen molar-refractivity contribution in [1.82, 2.24) is 14.9 Å². The number of ether oxygens (including phenoxy) is 1. The van der Waals surface area contributed by atoms with Gasteiger partial charge in [0.05, 0.1) is 18.2 Å². The number of aryl methyl sites for hydroxylation is 2. The standard InChI is InChI=1S/C21H22N6O2S/c1-14-9-15(2)11-18(10-14)29-12-19-25-26-21(27(19)23)30-13-20(28)24-17-5-3-16(4-6-17)7-8-22/h3-6,9-11H,7,12-13,23H2,1-2H3,(H,24,28). The van der Waals surface area contributed by atoms with Gasteiger partial charge >= 0.3 is 0 Å². The van der Waals surface area contributed by atoms with Gasteiger partial charge in [-0.05, 0) is 54.8 Å². The van der Waals surface area contributed by atoms with E-state index in [1.807, 2.05) is 38.1 Å². The van der Waals surface area contributed by atoms with Crippen molar-refractivity contribution in [3.8, 4) is 11.8 Å². The fourth-order valence-corrected chi connectivity index (χ4v) is 3.47. The van der Waals surface area contributed by atoms with Crippen LogP contribution in [-0.4, -0.2) is 26.5 Å². The molecule has 0 bridgehead atoms. The van der Waals surface area contributed by atoms with E-state index in [1.54, 1.807) is 12.1 Å². The summed E-state index contributed by atoms with van der Waals surface area (Å²) in [6, 6.07) is 15.2. The van der Waals surface area contributed by atoms with E-state index in [2.05, 4.69) is 27.6 Å². The molecule has 154 valence electrons. The van der Waals surface area contributed by atoms with E-state index in [-0.39, 0.29) is 18.3 Å². The number of aromatic nitrogens is 3. The maximum absolute atomic E-state index is 12.2. The molecular formula is C21H22N6O2S. The van der Waals surface area contributed by atoms with Gasteiger partial charge in [-0.25, -0.2) is 4.68 Å². The summed E-state index contributed by atoms with van der Waals surface area (Å²) in [5, 5.41) is 20.0. The number of nitriles is 1. The monoisotopic (exact) mass is 422 g/mol. The number of anilines is 1. The number of rotatable bonds is 8. The molecule has 0 aliphatic carbocycles. The van der Waals surface area contributed by atoms with E-state index in [0.717, 1.165) is 22.4 Å². The average molecular weight is 423 g/mol. The van der Waals surface area contributed by atoms with Gasteiger partial charge in [0, 0.05) is 5.69 Å². The summed E-state index contributed by atoms with van der Waals surface area (Å²) in [6.07, 6.45) is 0.339. The number of nitrogens with one attached hydrogen (secondary N) is 1. The predicted octanol–water partition coefficient (Wildman–Crippen LogP) is 2.98. The quantitative estimate of drug-likeness (QED) is 0.423. The maximum Gasteiger partial charge on any atom is 0.234 e. The third kappa shape index (κ3) is 5.75. The van der Waals surface area contributed by atoms with Crippen LogP contribution in [0, 0.1) is 25.2 Å². The van der Waals surface area contributed by atoms with Gasteiger partial charge in [0.2, 0.25) is 11.1 Å². The highest BCUT2D eigenvalue weighted by Gasteiger charge is 2.13. The van der Waals surface area contributed by atoms with Gasteiger partial charge in [-0.1, -0.05) is 30.0 Å². The summed E-state index contributed by atoms with van der Waals surface area (Å²) in [6.45, 7) is 4.19. The number of hydrogen-bond acceptors (Lipinski definition) is 7. The van der Waals surface area contributed by atoms with Crippen molar-refractivity contribution < 1.29 is 9.53 Å². The van der Waals surface area contributed by atoms with E-state index in [9.17, 15) is 4.79 Å². The average Bonchev–Trinajstić information content (AvgIpc) is 3.05. The molecule has 0 aliphatic heterocycles. The van der Waals surface area contributed by atoms with Gasteiger partial charge in [-0.2, -0.15) is 5.26 Å². The molecule has 0 fully saturated rings. The summed E-state index contributed by atoms with van der Waals surface area (Å²) >= 11 is 1.19. The molecule has 30 heavy (non-hydrogen) atoms. The predicted molar refractivity (Wildman–Crippen MR) is 116 cm³/mol. The number of nitrogens with zero attached hydrogens (tertiary/aromatic N) is 4. The van der Waals surface area contributed by atoms with E-state index < -0.39 is 0 Å². The first-order valence-corrected chi connectivity index (χ1v) is 10.2. The molecule has 9 heteroatoms. The molecule has 1 heterocycles. The topological polar surface area (TPSA) is 119 Å². The second-order valence-electron chi connectivity index (χ2n) is 6.75. The molecule has 3 N–H and O–H groups in total. The van der Waals surface area contributed by atoms with Crippen LogP contribution in [0.5, 0.6) is 5.75 Å². The van der Waals surface area contributed by atoms with Crippen molar-refractivity contribution in [2.75, 3.05) is 16.9 Å². The Balaban J connectivity index is 1.51. The molecule has 0 saturated carbocycles. The number of thioether (sulfide) groups is 1. The van der Waals surface area contributed by atoms with Gasteiger partial charge < -0.3 is 15.9 Å². The fourth-order valence-electron chi connectivity index (χ4n) is 2.79. The van der Waals surface area contributed by atoms with Crippen LogP contribution in [0.3, 0.4) is 0 Å². The Bertz CT molecular complexity index is 1050. The van der Waals surface area contributed by atoms with Gasteiger partial charge in [-0.15, -0.1) is 10.2 Å². The lowest BCUT2D eigenvalue weighted by Crippen LogP contribution is -2.18. The molecular weight excluding hydrogens is 400 g/mol. The Hall–Kier alpha value is -3.51. The molecule has 0 radical (unpaired) electrons. The summed E-state index contributed by atoms with van der Waals surface area (Å²) in [5.74, 6) is 7.19. The molecule has 8 nitrogen and oxygen atoms in total. The highest BCUT2D eigenvalue weighted by molar-refractivity contribution is 7.99. The van der Waals surface area contributed by atoms with Crippen molar-refractivity contribution >= 4 is 23.4 Å².